The van der Waals surface area contributed by atoms with E-state index in [1.807, 2.05) is 0 Å². The van der Waals surface area contributed by atoms with Crippen molar-refractivity contribution in [3.63, 3.8) is 0 Å². The van der Waals surface area contributed by atoms with Crippen LogP contribution in [0.2, 0.25) is 0 Å². The molecular formula is C28H39F6NO7S3. The van der Waals surface area contributed by atoms with Gasteiger partial charge in [-0.15, -0.1) is 4.13 Å². The molecule has 17 heteroatoms. The Balaban J connectivity index is 1.86. The zero-order valence-corrected chi connectivity index (χ0v) is 27.3. The summed E-state index contributed by atoms with van der Waals surface area (Å²) in [6.45, 7) is 0. The summed E-state index contributed by atoms with van der Waals surface area (Å²) in [5.74, 6) is -8.39. The molecule has 258 valence electrons. The van der Waals surface area contributed by atoms with Crippen LogP contribution in [-0.2, 0) is 30.2 Å². The Hall–Kier alpha value is -1.59. The van der Waals surface area contributed by atoms with Crippen LogP contribution in [0.3, 0.4) is 0 Å². The van der Waals surface area contributed by atoms with Gasteiger partial charge in [0.2, 0.25) is 10.0 Å². The molecule has 4 rings (SSSR count). The molecule has 0 aromatic heterocycles. The molecule has 45 heavy (non-hydrogen) atoms. The topological polar surface area (TPSA) is 124 Å². The highest BCUT2D eigenvalue weighted by Crippen LogP contribution is 2.53. The zero-order valence-electron chi connectivity index (χ0n) is 24.8. The Morgan fingerprint density at radius 2 is 1.00 bits per heavy atom. The third-order valence-corrected chi connectivity index (χ3v) is 13.5. The van der Waals surface area contributed by atoms with Crippen LogP contribution in [0.4, 0.5) is 26.3 Å². The lowest BCUT2D eigenvalue weighted by molar-refractivity contribution is -0.245. The minimum absolute atomic E-state index is 0.00727. The Labute approximate surface area is 260 Å². The van der Waals surface area contributed by atoms with Crippen molar-refractivity contribution < 1.29 is 55.8 Å². The van der Waals surface area contributed by atoms with Gasteiger partial charge in [0.1, 0.15) is 5.75 Å². The second-order valence-electron chi connectivity index (χ2n) is 12.5. The van der Waals surface area contributed by atoms with Crippen LogP contribution < -0.4 is 8.31 Å². The Morgan fingerprint density at radius 3 is 1.38 bits per heavy atom. The van der Waals surface area contributed by atoms with Crippen molar-refractivity contribution in [2.75, 3.05) is 6.26 Å². The highest BCUT2D eigenvalue weighted by atomic mass is 32.3. The number of sulfonamides is 2. The van der Waals surface area contributed by atoms with E-state index in [1.165, 1.54) is 0 Å². The van der Waals surface area contributed by atoms with Crippen LogP contribution >= 0.6 is 0 Å². The molecule has 0 unspecified atom stereocenters. The van der Waals surface area contributed by atoms with Gasteiger partial charge in [-0.3, -0.25) is 0 Å². The number of alkyl halides is 6. The molecule has 0 bridgehead atoms. The molecule has 0 saturated heterocycles. The van der Waals surface area contributed by atoms with E-state index in [-0.39, 0.29) is 39.3 Å². The van der Waals surface area contributed by atoms with Crippen molar-refractivity contribution in [1.29, 1.82) is 0 Å². The van der Waals surface area contributed by atoms with Crippen molar-refractivity contribution in [3.05, 3.63) is 28.8 Å². The molecule has 3 aliphatic rings. The third kappa shape index (κ3) is 7.30. The van der Waals surface area contributed by atoms with Crippen LogP contribution in [0.15, 0.2) is 12.1 Å². The number of halogens is 6. The molecule has 0 radical (unpaired) electrons. The average Bonchev–Trinajstić information content (AvgIpc) is 2.97. The Morgan fingerprint density at radius 1 is 0.622 bits per heavy atom. The second-order valence-corrected chi connectivity index (χ2v) is 17.9. The molecule has 0 atom stereocenters. The van der Waals surface area contributed by atoms with Gasteiger partial charge in [-0.1, -0.05) is 69.9 Å². The molecular weight excluding hydrogens is 672 g/mol. The molecule has 0 spiro atoms. The maximum atomic E-state index is 15.3. The quantitative estimate of drug-likeness (QED) is 0.190. The first-order chi connectivity index (χ1) is 20.7. The highest BCUT2D eigenvalue weighted by Gasteiger charge is 2.83. The molecule has 1 aromatic carbocycles. The summed E-state index contributed by atoms with van der Waals surface area (Å²) in [6, 6.07) is 3.35. The summed E-state index contributed by atoms with van der Waals surface area (Å²) in [5.41, 5.74) is 1.33. The number of hydrogen-bond acceptors (Lipinski definition) is 7. The van der Waals surface area contributed by atoms with Gasteiger partial charge >= 0.3 is 26.5 Å². The maximum Gasteiger partial charge on any atom is 0.450 e. The van der Waals surface area contributed by atoms with Gasteiger partial charge in [0.15, 0.2) is 0 Å². The Kier molecular flexibility index (Phi) is 10.6. The molecule has 3 aliphatic carbocycles. The number of benzene rings is 1. The van der Waals surface area contributed by atoms with Gasteiger partial charge in [0, 0.05) is 0 Å². The van der Waals surface area contributed by atoms with E-state index in [4.69, 9.17) is 4.18 Å². The van der Waals surface area contributed by atoms with E-state index >= 15 is 8.78 Å². The first-order valence-corrected chi connectivity index (χ1v) is 20.0. The highest BCUT2D eigenvalue weighted by molar-refractivity contribution is 8.05. The minimum atomic E-state index is -7.16. The summed E-state index contributed by atoms with van der Waals surface area (Å²) in [6.07, 6.45) is 11.5. The maximum absolute atomic E-state index is 15.3. The second kappa shape index (κ2) is 13.1. The number of rotatable bonds is 11. The van der Waals surface area contributed by atoms with E-state index < -0.39 is 52.3 Å². The van der Waals surface area contributed by atoms with E-state index in [2.05, 4.69) is 0 Å². The summed E-state index contributed by atoms with van der Waals surface area (Å²) in [5, 5.41) is -13.7. The first kappa shape index (κ1) is 36.2. The predicted molar refractivity (Wildman–Crippen MR) is 155 cm³/mol. The van der Waals surface area contributed by atoms with E-state index in [0.29, 0.717) is 25.7 Å². The number of hydrogen-bond donors (Lipinski definition) is 1. The summed E-state index contributed by atoms with van der Waals surface area (Å²) in [7, 11) is -19.3. The summed E-state index contributed by atoms with van der Waals surface area (Å²) < 4.78 is 167. The smallest absolute Gasteiger partial charge is 0.377 e. The monoisotopic (exact) mass is 711 g/mol. The zero-order chi connectivity index (χ0) is 33.5. The molecule has 0 amide bonds. The predicted octanol–water partition coefficient (Wildman–Crippen LogP) is 7.24. The van der Waals surface area contributed by atoms with Crippen molar-refractivity contribution in [3.8, 4) is 5.75 Å². The van der Waals surface area contributed by atoms with Crippen molar-refractivity contribution in [1.82, 2.24) is 4.13 Å². The van der Waals surface area contributed by atoms with Gasteiger partial charge in [-0.2, -0.15) is 34.8 Å². The molecule has 3 fully saturated rings. The van der Waals surface area contributed by atoms with E-state index in [9.17, 15) is 42.8 Å². The van der Waals surface area contributed by atoms with Crippen molar-refractivity contribution in [2.24, 2.45) is 0 Å². The normalized spacial score (nSPS) is 21.1. The largest absolute Gasteiger partial charge is 0.450 e. The third-order valence-electron chi connectivity index (χ3n) is 9.17. The van der Waals surface area contributed by atoms with Gasteiger partial charge in [-0.25, -0.2) is 16.8 Å². The van der Waals surface area contributed by atoms with Crippen molar-refractivity contribution >= 4 is 30.2 Å². The fourth-order valence-electron chi connectivity index (χ4n) is 6.81. The molecule has 8 nitrogen and oxygen atoms in total. The van der Waals surface area contributed by atoms with Crippen LogP contribution in [0.25, 0.3) is 0 Å². The fraction of sp³-hybridized carbons (Fsp3) is 0.786. The molecule has 1 aromatic rings. The average molecular weight is 712 g/mol. The van der Waals surface area contributed by atoms with Gasteiger partial charge in [0.25, 0.3) is 10.0 Å². The summed E-state index contributed by atoms with van der Waals surface area (Å²) >= 11 is 0. The van der Waals surface area contributed by atoms with E-state index in [0.717, 1.165) is 76.2 Å². The number of nitrogens with one attached hydrogen (secondary N) is 1. The standard InChI is InChI=1S/C28H39F6NO7S3/c1-43(36,37)35-44(38,39)27(31,32)26(29,30)28(33,34)45(40,41)42-25-23(20-13-7-3-8-14-20)17-22(19-11-5-2-6-12-19)18-24(25)21-15-9-4-10-16-21/h17-21,35H,2-16H2,1H3. The van der Waals surface area contributed by atoms with Crippen LogP contribution in [-0.4, -0.2) is 47.9 Å². The van der Waals surface area contributed by atoms with Gasteiger partial charge in [0.05, 0.1) is 6.26 Å². The fourth-order valence-corrected chi connectivity index (χ4v) is 10.3. The van der Waals surface area contributed by atoms with Crippen molar-refractivity contribution in [2.45, 2.75) is 130 Å². The van der Waals surface area contributed by atoms with E-state index in [1.54, 1.807) is 12.1 Å². The SMILES string of the molecule is CS(=O)(=O)NS(=O)(=O)C(F)(F)C(F)(F)C(F)(F)S(=O)(=O)Oc1c(C2CCCCC2)cc(C2CCCCC2)cc1C1CCCCC1. The lowest BCUT2D eigenvalue weighted by Crippen LogP contribution is -2.63. The molecule has 0 aliphatic heterocycles. The van der Waals surface area contributed by atoms with Crippen LogP contribution in [0.5, 0.6) is 5.75 Å². The van der Waals surface area contributed by atoms with Gasteiger partial charge in [-0.05, 0) is 73.0 Å². The van der Waals surface area contributed by atoms with Crippen LogP contribution in [0.1, 0.15) is 131 Å². The Bertz CT molecular complexity index is 1510. The summed E-state index contributed by atoms with van der Waals surface area (Å²) in [4.78, 5) is 0. The minimum Gasteiger partial charge on any atom is -0.377 e. The first-order valence-electron chi connectivity index (χ1n) is 15.2. The molecule has 0 heterocycles. The lowest BCUT2D eigenvalue weighted by atomic mass is 9.75. The molecule has 1 N–H and O–H groups in total. The molecule has 3 saturated carbocycles. The van der Waals surface area contributed by atoms with Crippen LogP contribution in [0, 0.1) is 0 Å². The van der Waals surface area contributed by atoms with Gasteiger partial charge < -0.3 is 4.18 Å². The lowest BCUT2D eigenvalue weighted by Gasteiger charge is -2.34.